The highest BCUT2D eigenvalue weighted by Gasteiger charge is 2.48. The zero-order valence-electron chi connectivity index (χ0n) is 10.7. The average Bonchev–Trinajstić information content (AvgIpc) is 2.28. The van der Waals surface area contributed by atoms with E-state index >= 15 is 0 Å². The first kappa shape index (κ1) is 13.2. The molecule has 3 nitrogen and oxygen atoms in total. The number of nitrogen functional groups attached to an aromatic ring is 1. The van der Waals surface area contributed by atoms with Crippen LogP contribution in [0.15, 0.2) is 18.2 Å². The summed E-state index contributed by atoms with van der Waals surface area (Å²) in [5.41, 5.74) is 5.39. The quantitative estimate of drug-likeness (QED) is 0.606. The van der Waals surface area contributed by atoms with E-state index in [9.17, 15) is 4.39 Å². The Kier molecular flexibility index (Phi) is 3.07. The maximum absolute atomic E-state index is 14.1. The molecule has 0 aromatic heterocycles. The Morgan fingerprint density at radius 3 is 2.72 bits per heavy atom. The largest absolute Gasteiger partial charge is 0.399 e. The van der Waals surface area contributed by atoms with E-state index in [2.05, 4.69) is 5.32 Å². The van der Waals surface area contributed by atoms with Crippen LogP contribution in [0.25, 0.3) is 0 Å². The van der Waals surface area contributed by atoms with Gasteiger partial charge in [0.1, 0.15) is 10.8 Å². The van der Waals surface area contributed by atoms with Crippen LogP contribution in [0.4, 0.5) is 10.1 Å². The van der Waals surface area contributed by atoms with Crippen LogP contribution in [0.5, 0.6) is 0 Å². The molecule has 0 spiro atoms. The van der Waals surface area contributed by atoms with Gasteiger partial charge in [-0.1, -0.05) is 12.2 Å². The molecule has 1 heterocycles. The molecule has 3 N–H and O–H groups in total. The lowest BCUT2D eigenvalue weighted by atomic mass is 9.76. The fourth-order valence-electron chi connectivity index (χ4n) is 2.17. The van der Waals surface area contributed by atoms with Gasteiger partial charge in [-0.2, -0.15) is 0 Å². The number of hydrogen-bond donors (Lipinski definition) is 2. The lowest BCUT2D eigenvalue weighted by molar-refractivity contribution is -0.0779. The van der Waals surface area contributed by atoms with Crippen molar-refractivity contribution in [2.24, 2.45) is 0 Å². The van der Waals surface area contributed by atoms with E-state index in [1.54, 1.807) is 6.07 Å². The molecule has 18 heavy (non-hydrogen) atoms. The van der Waals surface area contributed by atoms with Crippen molar-refractivity contribution in [3.05, 3.63) is 29.6 Å². The maximum atomic E-state index is 14.1. The topological polar surface area (TPSA) is 47.3 Å². The fourth-order valence-corrected chi connectivity index (χ4v) is 2.44. The highest BCUT2D eigenvalue weighted by Crippen LogP contribution is 2.39. The Balaban J connectivity index is 2.57. The maximum Gasteiger partial charge on any atom is 0.129 e. The third-order valence-electron chi connectivity index (χ3n) is 3.69. The molecular formula is C13H17FN2OS. The Bertz CT molecular complexity index is 504. The first-order valence-corrected chi connectivity index (χ1v) is 6.17. The third-order valence-corrected chi connectivity index (χ3v) is 3.91. The van der Waals surface area contributed by atoms with E-state index in [0.717, 1.165) is 0 Å². The molecule has 1 aliphatic heterocycles. The number of hydrogen-bond acceptors (Lipinski definition) is 3. The van der Waals surface area contributed by atoms with Gasteiger partial charge in [0.15, 0.2) is 0 Å². The Morgan fingerprint density at radius 1 is 1.39 bits per heavy atom. The zero-order valence-corrected chi connectivity index (χ0v) is 11.5. The number of halogens is 1. The highest BCUT2D eigenvalue weighted by molar-refractivity contribution is 7.80. The number of nitrogens with one attached hydrogen (secondary N) is 1. The van der Waals surface area contributed by atoms with Gasteiger partial charge in [0, 0.05) is 11.3 Å². The molecule has 1 aromatic carbocycles. The second-order valence-electron chi connectivity index (χ2n) is 5.21. The summed E-state index contributed by atoms with van der Waals surface area (Å²) in [7, 11) is 0. The van der Waals surface area contributed by atoms with Crippen molar-refractivity contribution >= 4 is 22.9 Å². The summed E-state index contributed by atoms with van der Waals surface area (Å²) >= 11 is 5.14. The van der Waals surface area contributed by atoms with Crippen LogP contribution in [0.1, 0.15) is 26.3 Å². The second kappa shape index (κ2) is 4.17. The number of rotatable bonds is 1. The van der Waals surface area contributed by atoms with Crippen molar-refractivity contribution in [3.63, 3.8) is 0 Å². The minimum atomic E-state index is -0.748. The van der Waals surface area contributed by atoms with E-state index < -0.39 is 11.1 Å². The number of nitrogens with two attached hydrogens (primary N) is 1. The van der Waals surface area contributed by atoms with Gasteiger partial charge >= 0.3 is 0 Å². The summed E-state index contributed by atoms with van der Waals surface area (Å²) in [6, 6.07) is 4.53. The van der Waals surface area contributed by atoms with E-state index in [1.165, 1.54) is 12.1 Å². The predicted octanol–water partition coefficient (Wildman–Crippen LogP) is 2.35. The molecule has 2 rings (SSSR count). The van der Waals surface area contributed by atoms with Gasteiger partial charge in [0.05, 0.1) is 17.7 Å². The Hall–Kier alpha value is -1.20. The van der Waals surface area contributed by atoms with E-state index in [0.29, 0.717) is 22.8 Å². The average molecular weight is 268 g/mol. The first-order valence-electron chi connectivity index (χ1n) is 5.77. The van der Waals surface area contributed by atoms with Crippen LogP contribution in [-0.4, -0.2) is 17.2 Å². The molecule has 98 valence electrons. The van der Waals surface area contributed by atoms with Crippen LogP contribution >= 0.6 is 12.2 Å². The molecule has 5 heteroatoms. The Labute approximate surface area is 112 Å². The molecule has 1 atom stereocenters. The fraction of sp³-hybridized carbons (Fsp3) is 0.462. The monoisotopic (exact) mass is 268 g/mol. The Morgan fingerprint density at radius 2 is 2.06 bits per heavy atom. The molecule has 1 fully saturated rings. The molecule has 1 saturated heterocycles. The molecule has 0 amide bonds. The number of benzene rings is 1. The van der Waals surface area contributed by atoms with Gasteiger partial charge < -0.3 is 15.8 Å². The van der Waals surface area contributed by atoms with Crippen LogP contribution in [0.3, 0.4) is 0 Å². The first-order chi connectivity index (χ1) is 8.26. The smallest absolute Gasteiger partial charge is 0.129 e. The lowest BCUT2D eigenvalue weighted by Crippen LogP contribution is -2.63. The molecule has 1 aromatic rings. The van der Waals surface area contributed by atoms with Crippen molar-refractivity contribution < 1.29 is 9.13 Å². The molecule has 0 unspecified atom stereocenters. The van der Waals surface area contributed by atoms with Crippen molar-refractivity contribution in [1.29, 1.82) is 0 Å². The van der Waals surface area contributed by atoms with Crippen molar-refractivity contribution in [1.82, 2.24) is 5.32 Å². The molecule has 1 aliphatic rings. The minimum Gasteiger partial charge on any atom is -0.399 e. The van der Waals surface area contributed by atoms with E-state index in [-0.39, 0.29) is 5.82 Å². The normalized spacial score (nSPS) is 26.8. The standard InChI is InChI=1S/C13H17FN2OS/c1-12(2)13(3,16-11(18)7-17-12)9-6-8(15)4-5-10(9)14/h4-6H,7,15H2,1-3H3,(H,16,18)/t13-/m0/s1. The van der Waals surface area contributed by atoms with Gasteiger partial charge in [0.2, 0.25) is 0 Å². The number of anilines is 1. The predicted molar refractivity (Wildman–Crippen MR) is 73.9 cm³/mol. The number of ether oxygens (including phenoxy) is 1. The molecule has 0 bridgehead atoms. The summed E-state index contributed by atoms with van der Waals surface area (Å²) in [6.07, 6.45) is 0. The molecular weight excluding hydrogens is 251 g/mol. The summed E-state index contributed by atoms with van der Waals surface area (Å²) < 4.78 is 19.8. The SMILES string of the molecule is CC1(C)OCC(=S)N[C@@]1(C)c1cc(N)ccc1F. The highest BCUT2D eigenvalue weighted by atomic mass is 32.1. The van der Waals surface area contributed by atoms with Crippen molar-refractivity contribution in [2.75, 3.05) is 12.3 Å². The number of morpholine rings is 1. The van der Waals surface area contributed by atoms with E-state index in [4.69, 9.17) is 22.7 Å². The van der Waals surface area contributed by atoms with Gasteiger partial charge in [-0.15, -0.1) is 0 Å². The van der Waals surface area contributed by atoms with Gasteiger partial charge in [0.25, 0.3) is 0 Å². The minimum absolute atomic E-state index is 0.319. The number of thiocarbonyl (C=S) groups is 1. The van der Waals surface area contributed by atoms with Gasteiger partial charge in [-0.25, -0.2) is 4.39 Å². The lowest BCUT2D eigenvalue weighted by Gasteiger charge is -2.49. The zero-order chi connectivity index (χ0) is 13.6. The van der Waals surface area contributed by atoms with Crippen LogP contribution in [0, 0.1) is 5.82 Å². The van der Waals surface area contributed by atoms with Crippen LogP contribution in [-0.2, 0) is 10.3 Å². The van der Waals surface area contributed by atoms with Gasteiger partial charge in [-0.3, -0.25) is 0 Å². The van der Waals surface area contributed by atoms with Crippen LogP contribution in [0.2, 0.25) is 0 Å². The molecule has 0 radical (unpaired) electrons. The van der Waals surface area contributed by atoms with Gasteiger partial charge in [-0.05, 0) is 39.0 Å². The summed E-state index contributed by atoms with van der Waals surface area (Å²) in [5, 5.41) is 3.18. The third kappa shape index (κ3) is 1.97. The molecule has 0 saturated carbocycles. The van der Waals surface area contributed by atoms with Crippen LogP contribution < -0.4 is 11.1 Å². The summed E-state index contributed by atoms with van der Waals surface area (Å²) in [6.45, 7) is 6.03. The summed E-state index contributed by atoms with van der Waals surface area (Å²) in [5.74, 6) is -0.319. The van der Waals surface area contributed by atoms with Crippen molar-refractivity contribution in [2.45, 2.75) is 31.9 Å². The second-order valence-corrected chi connectivity index (χ2v) is 5.70. The van der Waals surface area contributed by atoms with E-state index in [1.807, 2.05) is 20.8 Å². The van der Waals surface area contributed by atoms with Crippen molar-refractivity contribution in [3.8, 4) is 0 Å². The molecule has 0 aliphatic carbocycles. The summed E-state index contributed by atoms with van der Waals surface area (Å²) in [4.78, 5) is 0.568.